The van der Waals surface area contributed by atoms with Crippen molar-refractivity contribution in [3.63, 3.8) is 0 Å². The van der Waals surface area contributed by atoms with Gasteiger partial charge in [0, 0.05) is 19.3 Å². The summed E-state index contributed by atoms with van der Waals surface area (Å²) in [5.41, 5.74) is 2.61. The molecule has 0 spiro atoms. The summed E-state index contributed by atoms with van der Waals surface area (Å²) in [5, 5.41) is 0. The Morgan fingerprint density at radius 2 is 1.87 bits per heavy atom. The molecule has 1 atom stereocenters. The molecule has 1 unspecified atom stereocenters. The number of rotatable bonds is 6. The second kappa shape index (κ2) is 8.20. The number of carbonyl (C=O) groups is 2. The van der Waals surface area contributed by atoms with Gasteiger partial charge in [0.2, 0.25) is 11.8 Å². The van der Waals surface area contributed by atoms with Gasteiger partial charge in [0.05, 0.1) is 23.3 Å². The molecule has 7 heteroatoms. The number of ether oxygens (including phenoxy) is 1. The molecule has 0 N–H and O–H groups in total. The van der Waals surface area contributed by atoms with Crippen molar-refractivity contribution in [3.05, 3.63) is 72.4 Å². The molecule has 3 heterocycles. The monoisotopic (exact) mass is 407 g/mol. The number of nitrogens with zero attached hydrogens (tertiary/aromatic N) is 3. The molecule has 1 aliphatic heterocycles. The van der Waals surface area contributed by atoms with Crippen molar-refractivity contribution in [2.75, 3.05) is 25.2 Å². The number of fused-ring (bicyclic) bond motifs is 3. The van der Waals surface area contributed by atoms with Gasteiger partial charge in [-0.1, -0.05) is 12.1 Å². The third-order valence-corrected chi connectivity index (χ3v) is 5.32. The van der Waals surface area contributed by atoms with Crippen LogP contribution in [0.5, 0.6) is 0 Å². The van der Waals surface area contributed by atoms with Crippen LogP contribution in [0.3, 0.4) is 0 Å². The van der Waals surface area contributed by atoms with Gasteiger partial charge in [-0.2, -0.15) is 0 Å². The Kier molecular flexibility index (Phi) is 5.46. The van der Waals surface area contributed by atoms with Crippen LogP contribution in [0, 0.1) is 0 Å². The molecule has 0 saturated carbocycles. The summed E-state index contributed by atoms with van der Waals surface area (Å²) in [6.45, 7) is 3.67. The first-order valence-corrected chi connectivity index (χ1v) is 9.93. The van der Waals surface area contributed by atoms with Crippen LogP contribution in [0.2, 0.25) is 0 Å². The van der Waals surface area contributed by atoms with E-state index in [0.717, 1.165) is 17.1 Å². The zero-order valence-corrected chi connectivity index (χ0v) is 17.3. The normalized spacial score (nSPS) is 15.1. The number of benzene rings is 1. The second-order valence-electron chi connectivity index (χ2n) is 7.52. The van der Waals surface area contributed by atoms with Gasteiger partial charge in [0.25, 0.3) is 0 Å². The highest BCUT2D eigenvalue weighted by molar-refractivity contribution is 6.00. The Balaban J connectivity index is 1.78. The molecule has 0 radical (unpaired) electrons. The van der Waals surface area contributed by atoms with E-state index in [-0.39, 0.29) is 31.0 Å². The fraction of sp³-hybridized carbons (Fsp3) is 0.304. The lowest BCUT2D eigenvalue weighted by molar-refractivity contribution is -0.140. The van der Waals surface area contributed by atoms with Gasteiger partial charge in [-0.25, -0.2) is 0 Å². The van der Waals surface area contributed by atoms with Crippen LogP contribution in [0.1, 0.15) is 31.3 Å². The summed E-state index contributed by atoms with van der Waals surface area (Å²) in [5.74, 6) is 0.260. The number of aromatic nitrogens is 1. The highest BCUT2D eigenvalue weighted by Gasteiger charge is 2.38. The summed E-state index contributed by atoms with van der Waals surface area (Å²) >= 11 is 0. The van der Waals surface area contributed by atoms with E-state index in [2.05, 4.69) is 4.57 Å². The van der Waals surface area contributed by atoms with E-state index in [9.17, 15) is 9.59 Å². The smallest absolute Gasteiger partial charge is 0.249 e. The first-order chi connectivity index (χ1) is 14.5. The zero-order chi connectivity index (χ0) is 21.3. The third-order valence-electron chi connectivity index (χ3n) is 5.32. The average molecular weight is 407 g/mol. The highest BCUT2D eigenvalue weighted by Crippen LogP contribution is 2.42. The molecular weight excluding hydrogens is 382 g/mol. The Bertz CT molecular complexity index is 1040. The van der Waals surface area contributed by atoms with Gasteiger partial charge < -0.3 is 18.6 Å². The topological polar surface area (TPSA) is 67.9 Å². The van der Waals surface area contributed by atoms with Crippen LogP contribution in [-0.2, 0) is 14.3 Å². The molecule has 0 bridgehead atoms. The largest absolute Gasteiger partial charge is 0.467 e. The van der Waals surface area contributed by atoms with Crippen LogP contribution in [0.15, 0.2) is 65.4 Å². The van der Waals surface area contributed by atoms with Crippen molar-refractivity contribution in [3.8, 4) is 5.69 Å². The van der Waals surface area contributed by atoms with Crippen molar-refractivity contribution in [2.45, 2.75) is 25.9 Å². The number of para-hydroxylation sites is 2. The number of anilines is 1. The summed E-state index contributed by atoms with van der Waals surface area (Å²) in [7, 11) is 1.47. The van der Waals surface area contributed by atoms with Crippen molar-refractivity contribution < 1.29 is 18.7 Å². The van der Waals surface area contributed by atoms with Gasteiger partial charge in [-0.3, -0.25) is 14.5 Å². The summed E-state index contributed by atoms with van der Waals surface area (Å²) in [6, 6.07) is 14.8. The molecule has 1 aromatic carbocycles. The van der Waals surface area contributed by atoms with Crippen LogP contribution in [0.25, 0.3) is 5.69 Å². The third kappa shape index (κ3) is 3.41. The molecule has 7 nitrogen and oxygen atoms in total. The fourth-order valence-electron chi connectivity index (χ4n) is 3.96. The number of furan rings is 1. The molecule has 0 saturated heterocycles. The number of amides is 2. The lowest BCUT2D eigenvalue weighted by Crippen LogP contribution is -2.49. The van der Waals surface area contributed by atoms with Gasteiger partial charge >= 0.3 is 0 Å². The molecule has 3 aromatic rings. The Labute approximate surface area is 175 Å². The molecular formula is C23H25N3O4. The summed E-state index contributed by atoms with van der Waals surface area (Å²) in [4.78, 5) is 29.5. The number of carbonyl (C=O) groups excluding carboxylic acids is 2. The molecule has 2 amide bonds. The molecule has 0 fully saturated rings. The highest BCUT2D eigenvalue weighted by atomic mass is 16.5. The van der Waals surface area contributed by atoms with Gasteiger partial charge in [-0.15, -0.1) is 0 Å². The van der Waals surface area contributed by atoms with Crippen molar-refractivity contribution in [2.24, 2.45) is 0 Å². The first kappa shape index (κ1) is 20.0. The molecule has 1 aliphatic rings. The number of hydrogen-bond donors (Lipinski definition) is 0. The minimum Gasteiger partial charge on any atom is -0.467 e. The van der Waals surface area contributed by atoms with Crippen molar-refractivity contribution in [1.82, 2.24) is 9.47 Å². The minimum atomic E-state index is -0.427. The Hall–Kier alpha value is -3.32. The SMILES string of the molecule is COCC(=O)N(CC(=O)N1c2ccccc2-n2cccc2C1c1ccco1)C(C)C. The van der Waals surface area contributed by atoms with Crippen molar-refractivity contribution >= 4 is 17.5 Å². The average Bonchev–Trinajstić information content (AvgIpc) is 3.42. The van der Waals surface area contributed by atoms with E-state index in [1.54, 1.807) is 16.1 Å². The zero-order valence-electron chi connectivity index (χ0n) is 17.3. The Morgan fingerprint density at radius 1 is 1.10 bits per heavy atom. The maximum Gasteiger partial charge on any atom is 0.249 e. The van der Waals surface area contributed by atoms with E-state index in [0.29, 0.717) is 5.76 Å². The number of hydrogen-bond acceptors (Lipinski definition) is 4. The van der Waals surface area contributed by atoms with E-state index in [1.807, 2.05) is 68.6 Å². The van der Waals surface area contributed by atoms with Crippen LogP contribution < -0.4 is 4.90 Å². The maximum absolute atomic E-state index is 13.7. The molecule has 4 rings (SSSR count). The van der Waals surface area contributed by atoms with Gasteiger partial charge in [0.15, 0.2) is 0 Å². The quantitative estimate of drug-likeness (QED) is 0.628. The van der Waals surface area contributed by atoms with Crippen molar-refractivity contribution in [1.29, 1.82) is 0 Å². The predicted octanol–water partition coefficient (Wildman–Crippen LogP) is 3.39. The van der Waals surface area contributed by atoms with E-state index in [1.165, 1.54) is 7.11 Å². The summed E-state index contributed by atoms with van der Waals surface area (Å²) < 4.78 is 12.8. The number of methoxy groups -OCH3 is 1. The molecule has 0 aliphatic carbocycles. The molecule has 30 heavy (non-hydrogen) atoms. The first-order valence-electron chi connectivity index (χ1n) is 9.93. The van der Waals surface area contributed by atoms with Gasteiger partial charge in [-0.05, 0) is 50.2 Å². The second-order valence-corrected chi connectivity index (χ2v) is 7.52. The Morgan fingerprint density at radius 3 is 2.53 bits per heavy atom. The summed E-state index contributed by atoms with van der Waals surface area (Å²) in [6.07, 6.45) is 3.59. The van der Waals surface area contributed by atoms with E-state index in [4.69, 9.17) is 9.15 Å². The maximum atomic E-state index is 13.7. The predicted molar refractivity (Wildman–Crippen MR) is 113 cm³/mol. The van der Waals surface area contributed by atoms with Gasteiger partial charge in [0.1, 0.15) is 25.0 Å². The molecule has 156 valence electrons. The van der Waals surface area contributed by atoms with Crippen LogP contribution >= 0.6 is 0 Å². The lowest BCUT2D eigenvalue weighted by Gasteiger charge is -2.38. The van der Waals surface area contributed by atoms with Crippen LogP contribution in [0.4, 0.5) is 5.69 Å². The standard InChI is InChI=1S/C23H25N3O4/c1-16(2)25(22(28)15-29-3)14-21(27)26-18-9-5-4-8-17(18)24-12-6-10-19(24)23(26)20-11-7-13-30-20/h4-13,16,23H,14-15H2,1-3H3. The van der Waals surface area contributed by atoms with E-state index < -0.39 is 6.04 Å². The minimum absolute atomic E-state index is 0.0495. The van der Waals surface area contributed by atoms with E-state index >= 15 is 0 Å². The molecule has 2 aromatic heterocycles. The lowest BCUT2D eigenvalue weighted by atomic mass is 10.0. The van der Waals surface area contributed by atoms with Crippen LogP contribution in [-0.4, -0.2) is 47.6 Å². The fourth-order valence-corrected chi connectivity index (χ4v) is 3.96.